The summed E-state index contributed by atoms with van der Waals surface area (Å²) in [5.41, 5.74) is 0.834. The van der Waals surface area contributed by atoms with Gasteiger partial charge in [-0.3, -0.25) is 14.4 Å². The molecule has 2 N–H and O–H groups in total. The zero-order chi connectivity index (χ0) is 24.5. The number of nitrogens with zero attached hydrogens (tertiary/aromatic N) is 1. The lowest BCUT2D eigenvalue weighted by Crippen LogP contribution is -2.54. The van der Waals surface area contributed by atoms with E-state index in [-0.39, 0.29) is 23.3 Å². The maximum Gasteiger partial charge on any atom is 0.253 e. The van der Waals surface area contributed by atoms with E-state index in [1.807, 2.05) is 0 Å². The number of hydrogen-bond donors (Lipinski definition) is 2. The van der Waals surface area contributed by atoms with E-state index in [9.17, 15) is 18.8 Å². The summed E-state index contributed by atoms with van der Waals surface area (Å²) >= 11 is 0. The van der Waals surface area contributed by atoms with Crippen molar-refractivity contribution in [3.8, 4) is 5.75 Å². The van der Waals surface area contributed by atoms with E-state index < -0.39 is 17.8 Å². The first-order valence-electron chi connectivity index (χ1n) is 11.2. The van der Waals surface area contributed by atoms with Crippen molar-refractivity contribution in [3.63, 3.8) is 0 Å². The summed E-state index contributed by atoms with van der Waals surface area (Å²) in [6.07, 6.45) is 1.10. The molecule has 2 aromatic rings. The molecule has 2 aromatic carbocycles. The van der Waals surface area contributed by atoms with Gasteiger partial charge in [0.05, 0.1) is 13.7 Å². The summed E-state index contributed by atoms with van der Waals surface area (Å²) in [5, 5.41) is 5.59. The Morgan fingerprint density at radius 2 is 1.62 bits per heavy atom. The Hall–Kier alpha value is -3.46. The molecule has 3 amide bonds. The second kappa shape index (κ2) is 12.1. The van der Waals surface area contributed by atoms with Gasteiger partial charge in [-0.05, 0) is 67.3 Å². The van der Waals surface area contributed by atoms with Crippen molar-refractivity contribution in [2.45, 2.75) is 18.9 Å². The molecule has 9 heteroatoms. The number of rotatable bonds is 9. The number of benzene rings is 2. The highest BCUT2D eigenvalue weighted by Crippen LogP contribution is 2.23. The normalized spacial score (nSPS) is 14.9. The highest BCUT2D eigenvalue weighted by Gasteiger charge is 2.34. The van der Waals surface area contributed by atoms with Gasteiger partial charge in [-0.15, -0.1) is 0 Å². The monoisotopic (exact) mass is 471 g/mol. The van der Waals surface area contributed by atoms with Gasteiger partial charge in [0, 0.05) is 37.9 Å². The first kappa shape index (κ1) is 25.2. The average molecular weight is 472 g/mol. The molecule has 1 atom stereocenters. The Morgan fingerprint density at radius 3 is 2.21 bits per heavy atom. The number of halogens is 1. The van der Waals surface area contributed by atoms with Gasteiger partial charge in [0.15, 0.2) is 0 Å². The number of likely N-dealkylation sites (tertiary alicyclic amines) is 1. The van der Waals surface area contributed by atoms with E-state index in [1.165, 1.54) is 31.4 Å². The summed E-state index contributed by atoms with van der Waals surface area (Å²) in [4.78, 5) is 40.3. The molecule has 1 saturated heterocycles. The number of methoxy groups -OCH3 is 2. The van der Waals surface area contributed by atoms with Crippen LogP contribution in [-0.2, 0) is 9.53 Å². The van der Waals surface area contributed by atoms with Crippen molar-refractivity contribution in [1.82, 2.24) is 15.5 Å². The van der Waals surface area contributed by atoms with E-state index in [0.29, 0.717) is 50.4 Å². The van der Waals surface area contributed by atoms with Crippen molar-refractivity contribution in [2.75, 3.05) is 40.5 Å². The van der Waals surface area contributed by atoms with Crippen LogP contribution in [0.4, 0.5) is 4.39 Å². The number of hydrogen-bond acceptors (Lipinski definition) is 5. The van der Waals surface area contributed by atoms with Gasteiger partial charge in [-0.1, -0.05) is 0 Å². The van der Waals surface area contributed by atoms with Crippen LogP contribution in [0.5, 0.6) is 5.75 Å². The number of carbonyl (C=O) groups excluding carboxylic acids is 3. The summed E-state index contributed by atoms with van der Waals surface area (Å²) in [5.74, 6) is -0.783. The van der Waals surface area contributed by atoms with Crippen LogP contribution in [0.1, 0.15) is 33.6 Å². The molecular weight excluding hydrogens is 441 g/mol. The number of piperidine rings is 1. The zero-order valence-electron chi connectivity index (χ0n) is 19.4. The molecule has 0 saturated carbocycles. The highest BCUT2D eigenvalue weighted by atomic mass is 19.1. The van der Waals surface area contributed by atoms with E-state index in [1.54, 1.807) is 36.3 Å². The summed E-state index contributed by atoms with van der Waals surface area (Å²) in [7, 11) is 3.10. The molecule has 0 radical (unpaired) electrons. The van der Waals surface area contributed by atoms with Crippen LogP contribution in [0, 0.1) is 11.7 Å². The number of nitrogens with one attached hydrogen (secondary N) is 2. The summed E-state index contributed by atoms with van der Waals surface area (Å²) in [6.45, 7) is 1.58. The summed E-state index contributed by atoms with van der Waals surface area (Å²) < 4.78 is 23.3. The fraction of sp³-hybridized carbons (Fsp3) is 0.400. The molecule has 0 spiro atoms. The fourth-order valence-corrected chi connectivity index (χ4v) is 3.96. The van der Waals surface area contributed by atoms with Gasteiger partial charge in [0.2, 0.25) is 5.91 Å². The predicted octanol–water partition coefficient (Wildman–Crippen LogP) is 2.25. The van der Waals surface area contributed by atoms with Crippen LogP contribution in [0.3, 0.4) is 0 Å². The van der Waals surface area contributed by atoms with Crippen molar-refractivity contribution < 1.29 is 28.2 Å². The van der Waals surface area contributed by atoms with E-state index in [4.69, 9.17) is 9.47 Å². The SMILES string of the molecule is COCCNC(=O)[C@@H](NC(=O)c1ccc(F)cc1)C1CCN(C(=O)c2ccc(OC)cc2)CC1. The standard InChI is InChI=1S/C25H30FN3O5/c1-33-16-13-27-24(31)22(28-23(30)18-3-7-20(26)8-4-18)17-11-14-29(15-12-17)25(32)19-5-9-21(34-2)10-6-19/h3-10,17,22H,11-16H2,1-2H3,(H,27,31)(H,28,30)/t22-/m0/s1. The second-order valence-corrected chi connectivity index (χ2v) is 8.10. The third-order valence-corrected chi connectivity index (χ3v) is 5.92. The van der Waals surface area contributed by atoms with Crippen molar-refractivity contribution in [2.24, 2.45) is 5.92 Å². The molecule has 1 aliphatic heterocycles. The number of ether oxygens (including phenoxy) is 2. The zero-order valence-corrected chi connectivity index (χ0v) is 19.4. The molecule has 0 aliphatic carbocycles. The average Bonchev–Trinajstić information content (AvgIpc) is 2.87. The first-order chi connectivity index (χ1) is 16.4. The maximum absolute atomic E-state index is 13.2. The number of amides is 3. The van der Waals surface area contributed by atoms with Gasteiger partial charge in [0.25, 0.3) is 11.8 Å². The number of carbonyl (C=O) groups is 3. The molecule has 34 heavy (non-hydrogen) atoms. The lowest BCUT2D eigenvalue weighted by atomic mass is 9.88. The first-order valence-corrected chi connectivity index (χ1v) is 11.2. The van der Waals surface area contributed by atoms with E-state index in [0.717, 1.165) is 0 Å². The Balaban J connectivity index is 1.66. The quantitative estimate of drug-likeness (QED) is 0.547. The topological polar surface area (TPSA) is 97.0 Å². The molecule has 3 rings (SSSR count). The molecule has 0 unspecified atom stereocenters. The Bertz CT molecular complexity index is 973. The minimum atomic E-state index is -0.785. The molecule has 0 aromatic heterocycles. The van der Waals surface area contributed by atoms with Crippen molar-refractivity contribution >= 4 is 17.7 Å². The van der Waals surface area contributed by atoms with Gasteiger partial charge in [-0.2, -0.15) is 0 Å². The molecule has 182 valence electrons. The van der Waals surface area contributed by atoms with Gasteiger partial charge in [0.1, 0.15) is 17.6 Å². The predicted molar refractivity (Wildman–Crippen MR) is 124 cm³/mol. The van der Waals surface area contributed by atoms with Crippen LogP contribution in [0.2, 0.25) is 0 Å². The van der Waals surface area contributed by atoms with Crippen LogP contribution in [0.15, 0.2) is 48.5 Å². The van der Waals surface area contributed by atoms with Crippen molar-refractivity contribution in [1.29, 1.82) is 0 Å². The molecule has 0 bridgehead atoms. The third kappa shape index (κ3) is 6.54. The molecule has 8 nitrogen and oxygen atoms in total. The molecule has 1 heterocycles. The summed E-state index contributed by atoms with van der Waals surface area (Å²) in [6, 6.07) is 11.3. The molecule has 1 aliphatic rings. The lowest BCUT2D eigenvalue weighted by molar-refractivity contribution is -0.124. The van der Waals surface area contributed by atoms with Gasteiger partial charge >= 0.3 is 0 Å². The van der Waals surface area contributed by atoms with E-state index >= 15 is 0 Å². The maximum atomic E-state index is 13.2. The fourth-order valence-electron chi connectivity index (χ4n) is 3.96. The van der Waals surface area contributed by atoms with E-state index in [2.05, 4.69) is 10.6 Å². The van der Waals surface area contributed by atoms with Crippen LogP contribution in [0.25, 0.3) is 0 Å². The third-order valence-electron chi connectivity index (χ3n) is 5.92. The second-order valence-electron chi connectivity index (χ2n) is 8.10. The van der Waals surface area contributed by atoms with Crippen LogP contribution < -0.4 is 15.4 Å². The van der Waals surface area contributed by atoms with Gasteiger partial charge in [-0.25, -0.2) is 4.39 Å². The van der Waals surface area contributed by atoms with Crippen molar-refractivity contribution in [3.05, 3.63) is 65.5 Å². The Morgan fingerprint density at radius 1 is 1.00 bits per heavy atom. The molecular formula is C25H30FN3O5. The molecule has 1 fully saturated rings. The van der Waals surface area contributed by atoms with Crippen LogP contribution >= 0.6 is 0 Å². The smallest absolute Gasteiger partial charge is 0.253 e. The minimum absolute atomic E-state index is 0.0856. The van der Waals surface area contributed by atoms with Crippen LogP contribution in [-0.4, -0.2) is 69.1 Å². The lowest BCUT2D eigenvalue weighted by Gasteiger charge is -2.36. The Labute approximate surface area is 198 Å². The highest BCUT2D eigenvalue weighted by molar-refractivity contribution is 5.97. The largest absolute Gasteiger partial charge is 0.497 e. The van der Waals surface area contributed by atoms with Gasteiger partial charge < -0.3 is 25.0 Å². The minimum Gasteiger partial charge on any atom is -0.497 e. The Kier molecular flexibility index (Phi) is 8.98.